The maximum Gasteiger partial charge on any atom is 0.137 e. The molecule has 1 N–H and O–H groups in total. The molecule has 0 unspecified atom stereocenters. The number of aliphatic hydroxyl groups is 1. The fourth-order valence-electron chi connectivity index (χ4n) is 3.68. The molecule has 0 spiro atoms. The summed E-state index contributed by atoms with van der Waals surface area (Å²) >= 11 is 12.2. The van der Waals surface area contributed by atoms with Crippen LogP contribution in [0.2, 0.25) is 5.02 Å². The van der Waals surface area contributed by atoms with Gasteiger partial charge in [0, 0.05) is 16.3 Å². The Morgan fingerprint density at radius 3 is 2.70 bits per heavy atom. The van der Waals surface area contributed by atoms with Crippen molar-refractivity contribution in [1.82, 2.24) is 14.8 Å². The van der Waals surface area contributed by atoms with Crippen molar-refractivity contribution >= 4 is 23.2 Å². The molecule has 1 saturated carbocycles. The van der Waals surface area contributed by atoms with Crippen LogP contribution in [0.3, 0.4) is 0 Å². The van der Waals surface area contributed by atoms with Gasteiger partial charge in [-0.2, -0.15) is 5.10 Å². The van der Waals surface area contributed by atoms with Crippen LogP contribution in [0.4, 0.5) is 0 Å². The molecule has 0 aliphatic heterocycles. The van der Waals surface area contributed by atoms with Gasteiger partial charge in [-0.1, -0.05) is 30.7 Å². The average molecular weight is 354 g/mol. The van der Waals surface area contributed by atoms with E-state index in [1.807, 2.05) is 24.3 Å². The van der Waals surface area contributed by atoms with Crippen LogP contribution >= 0.6 is 23.2 Å². The highest BCUT2D eigenvalue weighted by molar-refractivity contribution is 6.30. The van der Waals surface area contributed by atoms with Crippen molar-refractivity contribution in [2.45, 2.75) is 38.3 Å². The van der Waals surface area contributed by atoms with Crippen LogP contribution in [0.1, 0.15) is 25.3 Å². The van der Waals surface area contributed by atoms with Crippen LogP contribution in [0.25, 0.3) is 0 Å². The third-order valence-corrected chi connectivity index (χ3v) is 6.17. The summed E-state index contributed by atoms with van der Waals surface area (Å²) in [6.07, 6.45) is 5.78. The summed E-state index contributed by atoms with van der Waals surface area (Å²) in [5, 5.41) is 16.4. The summed E-state index contributed by atoms with van der Waals surface area (Å²) in [6, 6.07) is 7.83. The van der Waals surface area contributed by atoms with Gasteiger partial charge in [-0.05, 0) is 42.9 Å². The largest absolute Gasteiger partial charge is 0.387 e. The van der Waals surface area contributed by atoms with Crippen molar-refractivity contribution in [2.24, 2.45) is 11.3 Å². The molecule has 0 radical (unpaired) electrons. The second kappa shape index (κ2) is 6.42. The average Bonchev–Trinajstić information content (AvgIpc) is 3.12. The van der Waals surface area contributed by atoms with Crippen LogP contribution in [0.15, 0.2) is 36.9 Å². The van der Waals surface area contributed by atoms with Crippen molar-refractivity contribution in [3.63, 3.8) is 0 Å². The molecular weight excluding hydrogens is 333 g/mol. The van der Waals surface area contributed by atoms with Gasteiger partial charge in [-0.3, -0.25) is 4.68 Å². The third-order valence-electron chi connectivity index (χ3n) is 5.33. The summed E-state index contributed by atoms with van der Waals surface area (Å²) in [4.78, 5) is 3.98. The van der Waals surface area contributed by atoms with Crippen molar-refractivity contribution in [2.75, 3.05) is 5.88 Å². The van der Waals surface area contributed by atoms with Gasteiger partial charge in [0.25, 0.3) is 0 Å². The van der Waals surface area contributed by atoms with Gasteiger partial charge in [-0.25, -0.2) is 4.98 Å². The monoisotopic (exact) mass is 353 g/mol. The topological polar surface area (TPSA) is 50.9 Å². The minimum absolute atomic E-state index is 0.122. The Hall–Kier alpha value is -1.10. The number of aromatic nitrogens is 3. The molecular formula is C17H21Cl2N3O. The fourth-order valence-corrected chi connectivity index (χ4v) is 4.17. The second-order valence-corrected chi connectivity index (χ2v) is 7.48. The highest BCUT2D eigenvalue weighted by Gasteiger charge is 2.56. The molecule has 1 aromatic carbocycles. The lowest BCUT2D eigenvalue weighted by Crippen LogP contribution is -2.51. The predicted octanol–water partition coefficient (Wildman–Crippen LogP) is 3.56. The molecule has 1 fully saturated rings. The number of rotatable bonds is 5. The molecule has 124 valence electrons. The first-order valence-electron chi connectivity index (χ1n) is 7.82. The van der Waals surface area contributed by atoms with Gasteiger partial charge >= 0.3 is 0 Å². The lowest BCUT2D eigenvalue weighted by atomic mass is 9.72. The Kier molecular flexibility index (Phi) is 4.68. The van der Waals surface area contributed by atoms with Gasteiger partial charge in [0.15, 0.2) is 0 Å². The number of nitrogens with zero attached hydrogens (tertiary/aromatic N) is 3. The summed E-state index contributed by atoms with van der Waals surface area (Å²) in [5.41, 5.74) is -0.0742. The highest BCUT2D eigenvalue weighted by Crippen LogP contribution is 2.52. The molecule has 23 heavy (non-hydrogen) atoms. The molecule has 1 heterocycles. The quantitative estimate of drug-likeness (QED) is 0.836. The summed E-state index contributed by atoms with van der Waals surface area (Å²) in [7, 11) is 0. The van der Waals surface area contributed by atoms with Gasteiger partial charge < -0.3 is 5.11 Å². The van der Waals surface area contributed by atoms with E-state index in [9.17, 15) is 5.11 Å². The van der Waals surface area contributed by atoms with E-state index in [-0.39, 0.29) is 11.3 Å². The normalized spacial score (nSPS) is 30.7. The lowest BCUT2D eigenvalue weighted by molar-refractivity contribution is -0.0891. The van der Waals surface area contributed by atoms with Crippen molar-refractivity contribution in [1.29, 1.82) is 0 Å². The van der Waals surface area contributed by atoms with Crippen LogP contribution < -0.4 is 0 Å². The van der Waals surface area contributed by atoms with Crippen LogP contribution in [-0.4, -0.2) is 31.4 Å². The summed E-state index contributed by atoms with van der Waals surface area (Å²) in [5.74, 6) is 0.548. The van der Waals surface area contributed by atoms with Gasteiger partial charge in [-0.15, -0.1) is 11.6 Å². The van der Waals surface area contributed by atoms with E-state index in [2.05, 4.69) is 17.0 Å². The Bertz CT molecular complexity index is 646. The second-order valence-electron chi connectivity index (χ2n) is 6.78. The van der Waals surface area contributed by atoms with E-state index in [0.717, 1.165) is 24.3 Å². The fraction of sp³-hybridized carbons (Fsp3) is 0.529. The SMILES string of the molecule is C[C@]1(CCl)CC[C@@H](Cc2ccc(Cl)cc2)[C@]1(O)Cn1cncn1. The Morgan fingerprint density at radius 2 is 2.09 bits per heavy atom. The number of benzene rings is 1. The number of hydrogen-bond donors (Lipinski definition) is 1. The number of alkyl halides is 1. The number of hydrogen-bond acceptors (Lipinski definition) is 3. The van der Waals surface area contributed by atoms with Gasteiger partial charge in [0.1, 0.15) is 12.7 Å². The van der Waals surface area contributed by atoms with E-state index in [1.54, 1.807) is 11.0 Å². The van der Waals surface area contributed by atoms with Crippen LogP contribution in [0, 0.1) is 11.3 Å². The van der Waals surface area contributed by atoms with E-state index in [0.29, 0.717) is 12.4 Å². The molecule has 2 aromatic rings. The molecule has 1 aliphatic carbocycles. The maximum atomic E-state index is 11.6. The molecule has 3 atom stereocenters. The zero-order chi connectivity index (χ0) is 16.5. The van der Waals surface area contributed by atoms with Gasteiger partial charge in [0.05, 0.1) is 12.1 Å². The van der Waals surface area contributed by atoms with Crippen LogP contribution in [0.5, 0.6) is 0 Å². The summed E-state index contributed by atoms with van der Waals surface area (Å²) in [6.45, 7) is 2.48. The molecule has 1 aromatic heterocycles. The molecule has 0 saturated heterocycles. The number of halogens is 2. The first-order valence-corrected chi connectivity index (χ1v) is 8.73. The van der Waals surface area contributed by atoms with Crippen molar-refractivity contribution in [3.8, 4) is 0 Å². The molecule has 4 nitrogen and oxygen atoms in total. The van der Waals surface area contributed by atoms with E-state index in [1.165, 1.54) is 11.9 Å². The van der Waals surface area contributed by atoms with Crippen molar-refractivity contribution in [3.05, 3.63) is 47.5 Å². The lowest BCUT2D eigenvalue weighted by Gasteiger charge is -2.42. The molecule has 0 bridgehead atoms. The first-order chi connectivity index (χ1) is 11.0. The Labute approximate surface area is 146 Å². The van der Waals surface area contributed by atoms with Crippen molar-refractivity contribution < 1.29 is 5.11 Å². The minimum Gasteiger partial charge on any atom is -0.387 e. The molecule has 0 amide bonds. The predicted molar refractivity (Wildman–Crippen MR) is 91.7 cm³/mol. The third kappa shape index (κ3) is 3.12. The maximum absolute atomic E-state index is 11.6. The minimum atomic E-state index is -0.915. The van der Waals surface area contributed by atoms with Crippen LogP contribution in [-0.2, 0) is 13.0 Å². The molecule has 3 rings (SSSR count). The van der Waals surface area contributed by atoms with E-state index < -0.39 is 5.60 Å². The van der Waals surface area contributed by atoms with E-state index >= 15 is 0 Å². The zero-order valence-corrected chi connectivity index (χ0v) is 14.6. The van der Waals surface area contributed by atoms with E-state index in [4.69, 9.17) is 23.2 Å². The Morgan fingerprint density at radius 1 is 1.35 bits per heavy atom. The molecule has 6 heteroatoms. The Balaban J connectivity index is 1.87. The first kappa shape index (κ1) is 16.7. The zero-order valence-electron chi connectivity index (χ0n) is 13.1. The smallest absolute Gasteiger partial charge is 0.137 e. The highest BCUT2D eigenvalue weighted by atomic mass is 35.5. The standard InChI is InChI=1S/C17H21Cl2N3O/c1-16(9-18)7-6-14(8-13-2-4-15(19)5-3-13)17(16,23)10-22-12-20-11-21-22/h2-5,11-12,14,23H,6-10H2,1H3/t14-,16+,17+/m0/s1. The molecule has 1 aliphatic rings. The summed E-state index contributed by atoms with van der Waals surface area (Å²) < 4.78 is 1.70. The van der Waals surface area contributed by atoms with Gasteiger partial charge in [0.2, 0.25) is 0 Å².